The molecule has 69 heavy (non-hydrogen) atoms. The van der Waals surface area contributed by atoms with Crippen LogP contribution in [-0.2, 0) is 28.5 Å². The molecule has 1 amide bonds. The average molecular weight is 979 g/mol. The quantitative estimate of drug-likeness (QED) is 0.133. The fraction of sp³-hybridized carbons (Fsp3) is 0.686. The number of carbonyl (C=O) groups excluding carboxylic acids is 2. The number of allylic oxidation sites excluding steroid dienone is 12. The van der Waals surface area contributed by atoms with Crippen LogP contribution in [0.15, 0.2) is 85.1 Å². The van der Waals surface area contributed by atoms with Crippen LogP contribution in [-0.4, -0.2) is 167 Å². The number of aliphatic hydroxyl groups is 10. The van der Waals surface area contributed by atoms with Crippen molar-refractivity contribution in [1.82, 2.24) is 5.32 Å². The first-order valence-corrected chi connectivity index (χ1v) is 24.4. The molecule has 3 aliphatic rings. The molecule has 3 aliphatic heterocycles. The third-order valence-corrected chi connectivity index (χ3v) is 12.9. The molecule has 0 aromatic carbocycles. The highest BCUT2D eigenvalue weighted by atomic mass is 16.7. The number of carbonyl (C=O) groups is 2. The van der Waals surface area contributed by atoms with E-state index in [9.17, 15) is 60.7 Å². The molecule has 13 N–H and O–H groups in total. The summed E-state index contributed by atoms with van der Waals surface area (Å²) in [4.78, 5) is 26.3. The average Bonchev–Trinajstić information content (AvgIpc) is 3.27. The van der Waals surface area contributed by atoms with Gasteiger partial charge in [-0.15, -0.1) is 0 Å². The Kier molecular flexibility index (Phi) is 26.4. The van der Waals surface area contributed by atoms with Gasteiger partial charge in [0.05, 0.1) is 85.5 Å². The fourth-order valence-electron chi connectivity index (χ4n) is 8.50. The number of nitrogens with two attached hydrogens (primary N) is 1. The molecule has 2 saturated heterocycles. The number of rotatable bonds is 6. The van der Waals surface area contributed by atoms with Crippen LogP contribution in [0.2, 0.25) is 0 Å². The van der Waals surface area contributed by atoms with Gasteiger partial charge >= 0.3 is 5.97 Å². The maximum Gasteiger partial charge on any atom is 0.308 e. The van der Waals surface area contributed by atoms with Crippen LogP contribution in [0.4, 0.5) is 0 Å². The van der Waals surface area contributed by atoms with E-state index in [0.717, 1.165) is 6.42 Å². The summed E-state index contributed by atoms with van der Waals surface area (Å²) in [6.45, 7) is 9.07. The van der Waals surface area contributed by atoms with E-state index in [2.05, 4.69) is 5.32 Å². The lowest BCUT2D eigenvalue weighted by molar-refractivity contribution is -0.307. The lowest BCUT2D eigenvalue weighted by Gasteiger charge is -2.46. The van der Waals surface area contributed by atoms with Gasteiger partial charge in [0.2, 0.25) is 5.91 Å². The predicted molar refractivity (Wildman–Crippen MR) is 257 cm³/mol. The zero-order chi connectivity index (χ0) is 51.3. The smallest absolute Gasteiger partial charge is 0.308 e. The van der Waals surface area contributed by atoms with E-state index in [0.29, 0.717) is 13.0 Å². The number of hydrogen-bond acceptors (Lipinski definition) is 17. The van der Waals surface area contributed by atoms with Crippen LogP contribution >= 0.6 is 0 Å². The Morgan fingerprint density at radius 2 is 1.30 bits per heavy atom. The SMILES string of the molecule is CCCCNC(=O)[C@H]1[C@@H]2C[C@@H](O[C@@H]3O[C@H](C)[C@@H](O)[C@H](N)[C@@H]3O)/C=C/C=C/C=C/C=C/C=C/C=C/C=C/[C@H](C)[C@@H](O)[C@@H](C)[C@H](C)OC(=O)C[C@H](O)C[C@H](O)CC[C@@H](O)[C@H](O)C[C@H](O)C[C@](O)(C[C@@H]1O)O2. The summed E-state index contributed by atoms with van der Waals surface area (Å²) in [6, 6.07) is -1.12. The Morgan fingerprint density at radius 1 is 0.710 bits per heavy atom. The van der Waals surface area contributed by atoms with E-state index in [1.54, 1.807) is 63.3 Å². The summed E-state index contributed by atoms with van der Waals surface area (Å²) in [5, 5.41) is 112. The monoisotopic (exact) mass is 979 g/mol. The second kappa shape index (κ2) is 30.4. The van der Waals surface area contributed by atoms with Crippen LogP contribution in [0.5, 0.6) is 0 Å². The summed E-state index contributed by atoms with van der Waals surface area (Å²) in [7, 11) is 0. The normalized spacial score (nSPS) is 43.5. The van der Waals surface area contributed by atoms with Crippen molar-refractivity contribution in [2.24, 2.45) is 23.5 Å². The topological polar surface area (TPSA) is 311 Å². The van der Waals surface area contributed by atoms with Gasteiger partial charge in [-0.2, -0.15) is 0 Å². The second-order valence-electron chi connectivity index (χ2n) is 18.9. The number of ether oxygens (including phenoxy) is 4. The molecule has 3 heterocycles. The van der Waals surface area contributed by atoms with E-state index in [-0.39, 0.29) is 31.6 Å². The number of aliphatic hydroxyl groups excluding tert-OH is 9. The third kappa shape index (κ3) is 20.7. The van der Waals surface area contributed by atoms with Crippen molar-refractivity contribution >= 4 is 11.9 Å². The van der Waals surface area contributed by atoms with Crippen molar-refractivity contribution in [3.05, 3.63) is 85.1 Å². The highest BCUT2D eigenvalue weighted by molar-refractivity contribution is 5.80. The maximum atomic E-state index is 13.7. The molecule has 0 saturated carbocycles. The Morgan fingerprint density at radius 3 is 1.91 bits per heavy atom. The van der Waals surface area contributed by atoms with Crippen molar-refractivity contribution in [3.8, 4) is 0 Å². The Balaban J connectivity index is 1.92. The summed E-state index contributed by atoms with van der Waals surface area (Å²) in [5.41, 5.74) is 6.10. The van der Waals surface area contributed by atoms with Gasteiger partial charge in [-0.1, -0.05) is 112 Å². The minimum absolute atomic E-state index is 0.0881. The fourth-order valence-corrected chi connectivity index (χ4v) is 8.50. The van der Waals surface area contributed by atoms with Crippen molar-refractivity contribution < 1.29 is 79.6 Å². The molecule has 18 heteroatoms. The van der Waals surface area contributed by atoms with Crippen LogP contribution in [0.1, 0.15) is 98.8 Å². The van der Waals surface area contributed by atoms with Crippen LogP contribution in [0.25, 0.3) is 0 Å². The molecule has 19 atom stereocenters. The maximum absolute atomic E-state index is 13.7. The zero-order valence-electron chi connectivity index (χ0n) is 40.8. The molecule has 3 rings (SSSR count). The molecule has 2 bridgehead atoms. The van der Waals surface area contributed by atoms with Gasteiger partial charge in [0.25, 0.3) is 0 Å². The van der Waals surface area contributed by atoms with Gasteiger partial charge in [-0.3, -0.25) is 9.59 Å². The van der Waals surface area contributed by atoms with Gasteiger partial charge in [0, 0.05) is 44.1 Å². The molecular weight excluding hydrogens is 897 g/mol. The zero-order valence-corrected chi connectivity index (χ0v) is 40.8. The number of hydrogen-bond donors (Lipinski definition) is 12. The highest BCUT2D eigenvalue weighted by Crippen LogP contribution is 2.38. The number of amides is 1. The molecule has 392 valence electrons. The number of esters is 1. The van der Waals surface area contributed by atoms with E-state index in [4.69, 9.17) is 24.7 Å². The third-order valence-electron chi connectivity index (χ3n) is 12.9. The van der Waals surface area contributed by atoms with Gasteiger partial charge in [-0.05, 0) is 39.5 Å². The summed E-state index contributed by atoms with van der Waals surface area (Å²) in [5.74, 6) is -5.47. The number of unbranched alkanes of at least 4 members (excludes halogenated alkanes) is 1. The predicted octanol–water partition coefficient (Wildman–Crippen LogP) is 1.54. The number of fused-ring (bicyclic) bond motifs is 2. The first-order valence-electron chi connectivity index (χ1n) is 24.4. The molecule has 18 nitrogen and oxygen atoms in total. The van der Waals surface area contributed by atoms with Gasteiger partial charge in [0.15, 0.2) is 12.1 Å². The molecule has 2 fully saturated rings. The molecule has 0 unspecified atom stereocenters. The van der Waals surface area contributed by atoms with Crippen molar-refractivity contribution in [2.75, 3.05) is 6.54 Å². The molecule has 0 aromatic rings. The molecular formula is C51H82N2O16. The lowest BCUT2D eigenvalue weighted by Crippen LogP contribution is -2.62. The van der Waals surface area contributed by atoms with Crippen LogP contribution in [0, 0.1) is 17.8 Å². The second-order valence-corrected chi connectivity index (χ2v) is 18.9. The Bertz CT molecular complexity index is 1740. The Hall–Kier alpha value is -3.44. The van der Waals surface area contributed by atoms with Gasteiger partial charge in [-0.25, -0.2) is 0 Å². The van der Waals surface area contributed by atoms with Gasteiger partial charge in [0.1, 0.15) is 12.2 Å². The summed E-state index contributed by atoms with van der Waals surface area (Å²) >= 11 is 0. The largest absolute Gasteiger partial charge is 0.462 e. The summed E-state index contributed by atoms with van der Waals surface area (Å²) in [6.07, 6.45) is 6.55. The first kappa shape index (κ1) is 59.9. The molecule has 0 aliphatic carbocycles. The number of cyclic esters (lactones) is 1. The van der Waals surface area contributed by atoms with Crippen molar-refractivity contribution in [1.29, 1.82) is 0 Å². The first-order chi connectivity index (χ1) is 32.7. The van der Waals surface area contributed by atoms with Gasteiger partial charge < -0.3 is 81.1 Å². The highest BCUT2D eigenvalue weighted by Gasteiger charge is 2.51. The standard InChI is InChI=1S/C51H82N2O16/c1-6-7-24-53-49(64)44-41(59)30-51(65)29-37(56)26-40(58)39(57)23-22-35(54)25-36(55)27-43(60)66-33(4)32(3)46(61)31(2)20-18-16-14-12-10-8-9-11-13-15-17-19-21-38(28-42(44)69-51)68-50-48(63)45(52)47(62)34(5)67-50/h8-21,31-42,44-48,50,54-59,61-63,65H,6-7,22-30,52H2,1-5H3,(H,53,64)/b9-8+,12-10+,13-11+,16-14+,17-15+,20-18+,21-19+/t31-,32-,33-,34+,35+,36+,37-,38-,39+,40+,41-,42-,44+,45-,46+,47+,48-,50-,51+/m0/s1. The molecule has 0 aromatic heterocycles. The number of nitrogens with one attached hydrogen (secondary N) is 1. The molecule has 0 radical (unpaired) electrons. The van der Waals surface area contributed by atoms with Crippen LogP contribution in [0.3, 0.4) is 0 Å². The minimum atomic E-state index is -2.25. The van der Waals surface area contributed by atoms with E-state index in [1.165, 1.54) is 0 Å². The van der Waals surface area contributed by atoms with E-state index < -0.39 is 147 Å². The minimum Gasteiger partial charge on any atom is -0.462 e. The van der Waals surface area contributed by atoms with Crippen molar-refractivity contribution in [3.63, 3.8) is 0 Å². The lowest BCUT2D eigenvalue weighted by atomic mass is 9.82. The van der Waals surface area contributed by atoms with Crippen molar-refractivity contribution in [2.45, 2.75) is 196 Å². The molecule has 0 spiro atoms. The van der Waals surface area contributed by atoms with Crippen LogP contribution < -0.4 is 11.1 Å². The Labute approximate surface area is 407 Å². The van der Waals surface area contributed by atoms with E-state index >= 15 is 0 Å². The summed E-state index contributed by atoms with van der Waals surface area (Å²) < 4.78 is 23.7. The van der Waals surface area contributed by atoms with E-state index in [1.807, 2.05) is 56.4 Å².